The van der Waals surface area contributed by atoms with Crippen molar-refractivity contribution in [1.29, 1.82) is 0 Å². The lowest BCUT2D eigenvalue weighted by Crippen LogP contribution is -2.49. The van der Waals surface area contributed by atoms with Crippen LogP contribution in [0.4, 0.5) is 22.7 Å². The first-order valence-electron chi connectivity index (χ1n) is 10.5. The van der Waals surface area contributed by atoms with Crippen LogP contribution in [0, 0.1) is 10.1 Å². The summed E-state index contributed by atoms with van der Waals surface area (Å²) in [5, 5.41) is 28.9. The summed E-state index contributed by atoms with van der Waals surface area (Å²) in [7, 11) is -0.680. The summed E-state index contributed by atoms with van der Waals surface area (Å²) in [6, 6.07) is 11.8. The molecule has 2 aromatic rings. The Morgan fingerprint density at radius 3 is 2.20 bits per heavy atom. The molecule has 1 unspecified atom stereocenters. The number of nitrogens with zero attached hydrogens (tertiary/aromatic N) is 5. The molecule has 35 heavy (non-hydrogen) atoms. The highest BCUT2D eigenvalue weighted by Gasteiger charge is 2.19. The average molecular weight is 532 g/mol. The summed E-state index contributed by atoms with van der Waals surface area (Å²) in [6.45, 7) is 7.29. The molecule has 12 nitrogen and oxygen atoms in total. The van der Waals surface area contributed by atoms with Gasteiger partial charge in [-0.3, -0.25) is 14.7 Å². The smallest absolute Gasteiger partial charge is 0.271 e. The van der Waals surface area contributed by atoms with Crippen molar-refractivity contribution in [2.24, 2.45) is 10.2 Å². The third-order valence-corrected chi connectivity index (χ3v) is 5.05. The molecular weight excluding hydrogens is 502 g/mol. The van der Waals surface area contributed by atoms with E-state index in [2.05, 4.69) is 36.1 Å². The van der Waals surface area contributed by atoms with Crippen molar-refractivity contribution in [3.63, 3.8) is 0 Å². The van der Waals surface area contributed by atoms with Crippen molar-refractivity contribution in [2.75, 3.05) is 45.2 Å². The Kier molecular flexibility index (Phi) is 11.6. The molecule has 0 bridgehead atoms. The zero-order valence-electron chi connectivity index (χ0n) is 19.9. The summed E-state index contributed by atoms with van der Waals surface area (Å²) in [5.74, 6) is 0. The van der Waals surface area contributed by atoms with Crippen LogP contribution >= 0.6 is 11.6 Å². The molecule has 194 valence electrons. The van der Waals surface area contributed by atoms with Gasteiger partial charge in [0.1, 0.15) is 18.3 Å². The van der Waals surface area contributed by atoms with E-state index >= 15 is 0 Å². The topological polar surface area (TPSA) is 169 Å². The van der Waals surface area contributed by atoms with Crippen LogP contribution in [-0.2, 0) is 10.4 Å². The fourth-order valence-corrected chi connectivity index (χ4v) is 3.41. The predicted molar refractivity (Wildman–Crippen MR) is 132 cm³/mol. The standard InChI is InChI=1S/C21H29ClN5O3.H2O4S/c1-5-25(12-13-27(3,4)15-16(2)28)18-8-6-17(7-9-18)23-24-21-11-10-19(26(29)30)14-20(21)22;1-5(2,3)4/h6-11,14,16,28H,5,12-13,15H2,1-4H3;(H2,1,2,3,4)/q+1;/p-1. The first kappa shape index (κ1) is 30.4. The maximum absolute atomic E-state index is 10.8. The van der Waals surface area contributed by atoms with Crippen molar-refractivity contribution >= 4 is 44.7 Å². The SMILES string of the molecule is CCN(CC[N+](C)(C)CC(C)O)c1ccc(N=Nc2ccc([N+](=O)[O-])cc2Cl)cc1.O=S(=O)([O-])O. The number of nitro benzene ring substituents is 1. The molecule has 0 fully saturated rings. The average Bonchev–Trinajstić information content (AvgIpc) is 2.72. The van der Waals surface area contributed by atoms with Crippen LogP contribution in [-0.4, -0.2) is 78.4 Å². The summed E-state index contributed by atoms with van der Waals surface area (Å²) < 4.78 is 33.6. The van der Waals surface area contributed by atoms with Crippen molar-refractivity contribution in [3.8, 4) is 0 Å². The number of hydrogen-bond donors (Lipinski definition) is 2. The lowest BCUT2D eigenvalue weighted by atomic mass is 10.2. The molecule has 0 aromatic heterocycles. The minimum Gasteiger partial charge on any atom is -0.726 e. The fraction of sp³-hybridized carbons (Fsp3) is 0.429. The van der Waals surface area contributed by atoms with E-state index in [-0.39, 0.29) is 16.8 Å². The fourth-order valence-electron chi connectivity index (χ4n) is 3.20. The highest BCUT2D eigenvalue weighted by atomic mass is 35.5. The molecule has 1 atom stereocenters. The van der Waals surface area contributed by atoms with Gasteiger partial charge in [0.05, 0.1) is 42.8 Å². The molecule has 2 N–H and O–H groups in total. The van der Waals surface area contributed by atoms with E-state index < -0.39 is 15.3 Å². The molecule has 0 aliphatic rings. The van der Waals surface area contributed by atoms with Crippen LogP contribution in [0.15, 0.2) is 52.7 Å². The van der Waals surface area contributed by atoms with Gasteiger partial charge in [0.25, 0.3) is 5.69 Å². The number of non-ortho nitro benzene ring substituents is 1. The van der Waals surface area contributed by atoms with Crippen molar-refractivity contribution in [3.05, 3.63) is 57.6 Å². The highest BCUT2D eigenvalue weighted by molar-refractivity contribution is 7.79. The number of aliphatic hydroxyl groups excluding tert-OH is 1. The maximum atomic E-state index is 10.8. The van der Waals surface area contributed by atoms with Gasteiger partial charge in [0.2, 0.25) is 10.4 Å². The predicted octanol–water partition coefficient (Wildman–Crippen LogP) is 3.95. The second-order valence-electron chi connectivity index (χ2n) is 8.31. The van der Waals surface area contributed by atoms with Gasteiger partial charge in [-0.2, -0.15) is 5.11 Å². The second-order valence-corrected chi connectivity index (χ2v) is 9.57. The molecule has 0 radical (unpaired) electrons. The maximum Gasteiger partial charge on any atom is 0.271 e. The van der Waals surface area contributed by atoms with Crippen LogP contribution < -0.4 is 4.90 Å². The van der Waals surface area contributed by atoms with Gasteiger partial charge in [-0.25, -0.2) is 8.42 Å². The molecule has 0 heterocycles. The second kappa shape index (κ2) is 13.4. The van der Waals surface area contributed by atoms with Gasteiger partial charge < -0.3 is 19.0 Å². The van der Waals surface area contributed by atoms with Gasteiger partial charge in [-0.15, -0.1) is 5.11 Å². The Labute approximate surface area is 209 Å². The molecule has 0 spiro atoms. The molecule has 0 amide bonds. The van der Waals surface area contributed by atoms with E-state index in [0.29, 0.717) is 17.9 Å². The highest BCUT2D eigenvalue weighted by Crippen LogP contribution is 2.30. The van der Waals surface area contributed by atoms with Gasteiger partial charge >= 0.3 is 0 Å². The third kappa shape index (κ3) is 12.5. The van der Waals surface area contributed by atoms with Crippen molar-refractivity contribution in [1.82, 2.24) is 0 Å². The van der Waals surface area contributed by atoms with Gasteiger partial charge in [-0.1, -0.05) is 11.6 Å². The zero-order chi connectivity index (χ0) is 26.8. The zero-order valence-corrected chi connectivity index (χ0v) is 21.5. The summed E-state index contributed by atoms with van der Waals surface area (Å²) in [4.78, 5) is 12.5. The minimum atomic E-state index is -4.92. The summed E-state index contributed by atoms with van der Waals surface area (Å²) >= 11 is 6.05. The summed E-state index contributed by atoms with van der Waals surface area (Å²) in [5.41, 5.74) is 2.04. The number of rotatable bonds is 10. The van der Waals surface area contributed by atoms with Crippen LogP contribution in [0.25, 0.3) is 0 Å². The minimum absolute atomic E-state index is 0.0850. The van der Waals surface area contributed by atoms with Gasteiger partial charge in [0.15, 0.2) is 0 Å². The third-order valence-electron chi connectivity index (χ3n) is 4.75. The molecule has 2 aromatic carbocycles. The first-order chi connectivity index (χ1) is 16.1. The Hall–Kier alpha value is -2.68. The number of likely N-dealkylation sites (N-methyl/N-ethyl adjacent to an activating group) is 2. The van der Waals surface area contributed by atoms with E-state index in [1.807, 2.05) is 31.2 Å². The molecule has 0 aliphatic heterocycles. The van der Waals surface area contributed by atoms with Gasteiger partial charge in [0, 0.05) is 24.4 Å². The van der Waals surface area contributed by atoms with Crippen molar-refractivity contribution < 1.29 is 32.0 Å². The quantitative estimate of drug-likeness (QED) is 0.116. The number of halogens is 1. The Balaban J connectivity index is 0.00000111. The van der Waals surface area contributed by atoms with Crippen LogP contribution in [0.3, 0.4) is 0 Å². The first-order valence-corrected chi connectivity index (χ1v) is 12.2. The van der Waals surface area contributed by atoms with Gasteiger partial charge in [-0.05, 0) is 44.2 Å². The Morgan fingerprint density at radius 2 is 1.74 bits per heavy atom. The van der Waals surface area contributed by atoms with Crippen LogP contribution in [0.2, 0.25) is 5.02 Å². The van der Waals surface area contributed by atoms with E-state index in [9.17, 15) is 15.2 Å². The molecule has 0 aliphatic carbocycles. The molecule has 0 saturated heterocycles. The number of quaternary nitrogens is 1. The molecule has 2 rings (SSSR count). The Bertz CT molecular complexity index is 1100. The molecular formula is C21H30ClN5O7S. The van der Waals surface area contributed by atoms with E-state index in [1.165, 1.54) is 18.2 Å². The number of aliphatic hydroxyl groups is 1. The number of azo groups is 1. The largest absolute Gasteiger partial charge is 0.726 e. The van der Waals surface area contributed by atoms with Crippen LogP contribution in [0.5, 0.6) is 0 Å². The van der Waals surface area contributed by atoms with Crippen molar-refractivity contribution in [2.45, 2.75) is 20.0 Å². The molecule has 14 heteroatoms. The van der Waals surface area contributed by atoms with E-state index in [4.69, 9.17) is 29.1 Å². The number of benzene rings is 2. The molecule has 0 saturated carbocycles. The number of nitro groups is 1. The van der Waals surface area contributed by atoms with Crippen LogP contribution in [0.1, 0.15) is 13.8 Å². The monoisotopic (exact) mass is 531 g/mol. The van der Waals surface area contributed by atoms with E-state index in [1.54, 1.807) is 0 Å². The Morgan fingerprint density at radius 1 is 1.17 bits per heavy atom. The number of anilines is 1. The number of hydrogen-bond acceptors (Lipinski definition) is 9. The van der Waals surface area contributed by atoms with E-state index in [0.717, 1.165) is 29.8 Å². The lowest BCUT2D eigenvalue weighted by Gasteiger charge is -2.34. The lowest BCUT2D eigenvalue weighted by molar-refractivity contribution is -0.891. The normalized spacial score (nSPS) is 12.7. The summed E-state index contributed by atoms with van der Waals surface area (Å²) in [6.07, 6.45) is -0.330.